The van der Waals surface area contributed by atoms with Gasteiger partial charge in [-0.15, -0.1) is 11.6 Å². The van der Waals surface area contributed by atoms with E-state index in [4.69, 9.17) is 17.3 Å². The molecule has 70 valence electrons. The fraction of sp³-hybridized carbons (Fsp3) is 0.222. The van der Waals surface area contributed by atoms with E-state index >= 15 is 0 Å². The fourth-order valence-corrected chi connectivity index (χ4v) is 1.25. The van der Waals surface area contributed by atoms with Gasteiger partial charge in [0.05, 0.1) is 12.7 Å². The van der Waals surface area contributed by atoms with Gasteiger partial charge in [0.2, 0.25) is 0 Å². The van der Waals surface area contributed by atoms with Gasteiger partial charge in [0, 0.05) is 11.6 Å². The minimum atomic E-state index is -0.393. The van der Waals surface area contributed by atoms with Crippen LogP contribution in [0.3, 0.4) is 0 Å². The Balaban J connectivity index is 3.13. The number of rotatable bonds is 2. The Hall–Kier alpha value is -1.22. The van der Waals surface area contributed by atoms with Gasteiger partial charge in [-0.05, 0) is 23.8 Å². The van der Waals surface area contributed by atoms with Crippen molar-refractivity contribution in [2.45, 2.75) is 5.88 Å². The van der Waals surface area contributed by atoms with E-state index in [1.807, 2.05) is 0 Å². The maximum atomic E-state index is 11.2. The summed E-state index contributed by atoms with van der Waals surface area (Å²) in [6, 6.07) is 4.92. The van der Waals surface area contributed by atoms with Crippen LogP contribution in [0.2, 0.25) is 0 Å². The first-order valence-electron chi connectivity index (χ1n) is 3.71. The Morgan fingerprint density at radius 1 is 1.62 bits per heavy atom. The van der Waals surface area contributed by atoms with Crippen LogP contribution >= 0.6 is 11.6 Å². The van der Waals surface area contributed by atoms with Crippen molar-refractivity contribution in [1.82, 2.24) is 0 Å². The van der Waals surface area contributed by atoms with Gasteiger partial charge in [-0.25, -0.2) is 4.79 Å². The van der Waals surface area contributed by atoms with E-state index in [-0.39, 0.29) is 5.88 Å². The number of nitrogen functional groups attached to an aromatic ring is 1. The lowest BCUT2D eigenvalue weighted by molar-refractivity contribution is 0.0600. The molecule has 0 fully saturated rings. The van der Waals surface area contributed by atoms with Crippen LogP contribution in [0.25, 0.3) is 0 Å². The zero-order valence-corrected chi connectivity index (χ0v) is 7.97. The molecule has 0 saturated heterocycles. The monoisotopic (exact) mass is 199 g/mol. The highest BCUT2D eigenvalue weighted by atomic mass is 35.5. The highest BCUT2D eigenvalue weighted by Crippen LogP contribution is 2.16. The second kappa shape index (κ2) is 4.14. The number of esters is 1. The second-order valence-corrected chi connectivity index (χ2v) is 2.81. The number of halogens is 1. The zero-order chi connectivity index (χ0) is 9.84. The summed E-state index contributed by atoms with van der Waals surface area (Å²) in [6.07, 6.45) is 0. The summed E-state index contributed by atoms with van der Waals surface area (Å²) in [5, 5.41) is 0. The SMILES string of the molecule is COC(=O)c1ccc(N)cc1CCl. The lowest BCUT2D eigenvalue weighted by Gasteiger charge is -2.05. The summed E-state index contributed by atoms with van der Waals surface area (Å²) < 4.78 is 4.58. The molecule has 0 atom stereocenters. The highest BCUT2D eigenvalue weighted by molar-refractivity contribution is 6.17. The van der Waals surface area contributed by atoms with Gasteiger partial charge in [-0.1, -0.05) is 0 Å². The van der Waals surface area contributed by atoms with E-state index in [0.717, 1.165) is 0 Å². The Labute approximate surface area is 81.4 Å². The molecule has 1 rings (SSSR count). The summed E-state index contributed by atoms with van der Waals surface area (Å²) in [6.45, 7) is 0. The lowest BCUT2D eigenvalue weighted by atomic mass is 10.1. The second-order valence-electron chi connectivity index (χ2n) is 2.54. The molecule has 3 nitrogen and oxygen atoms in total. The summed E-state index contributed by atoms with van der Waals surface area (Å²) in [5.74, 6) is -0.147. The molecule has 0 unspecified atom stereocenters. The smallest absolute Gasteiger partial charge is 0.338 e. The van der Waals surface area contributed by atoms with Crippen LogP contribution in [-0.4, -0.2) is 13.1 Å². The van der Waals surface area contributed by atoms with Crippen LogP contribution in [0.4, 0.5) is 5.69 Å². The minimum Gasteiger partial charge on any atom is -0.465 e. The van der Waals surface area contributed by atoms with E-state index in [9.17, 15) is 4.79 Å². The normalized spacial score (nSPS) is 9.69. The number of benzene rings is 1. The molecular weight excluding hydrogens is 190 g/mol. The van der Waals surface area contributed by atoms with Crippen molar-refractivity contribution in [1.29, 1.82) is 0 Å². The third-order valence-corrected chi connectivity index (χ3v) is 1.97. The number of ether oxygens (including phenoxy) is 1. The molecule has 4 heteroatoms. The van der Waals surface area contributed by atoms with Gasteiger partial charge < -0.3 is 10.5 Å². The van der Waals surface area contributed by atoms with Crippen molar-refractivity contribution >= 4 is 23.3 Å². The van der Waals surface area contributed by atoms with Crippen molar-refractivity contribution in [3.05, 3.63) is 29.3 Å². The number of carbonyl (C=O) groups excluding carboxylic acids is 1. The number of anilines is 1. The van der Waals surface area contributed by atoms with E-state index in [0.29, 0.717) is 16.8 Å². The van der Waals surface area contributed by atoms with Crippen molar-refractivity contribution < 1.29 is 9.53 Å². The number of alkyl halides is 1. The van der Waals surface area contributed by atoms with Crippen molar-refractivity contribution in [3.63, 3.8) is 0 Å². The van der Waals surface area contributed by atoms with E-state index in [2.05, 4.69) is 4.74 Å². The van der Waals surface area contributed by atoms with Crippen LogP contribution in [0.1, 0.15) is 15.9 Å². The van der Waals surface area contributed by atoms with Crippen LogP contribution in [0.5, 0.6) is 0 Å². The largest absolute Gasteiger partial charge is 0.465 e. The van der Waals surface area contributed by atoms with E-state index < -0.39 is 5.97 Å². The van der Waals surface area contributed by atoms with Crippen molar-refractivity contribution in [2.75, 3.05) is 12.8 Å². The summed E-state index contributed by atoms with van der Waals surface area (Å²) >= 11 is 5.64. The number of carbonyl (C=O) groups is 1. The average Bonchev–Trinajstić information content (AvgIpc) is 2.16. The summed E-state index contributed by atoms with van der Waals surface area (Å²) in [7, 11) is 1.33. The Morgan fingerprint density at radius 2 is 2.31 bits per heavy atom. The molecule has 13 heavy (non-hydrogen) atoms. The number of methoxy groups -OCH3 is 1. The van der Waals surface area contributed by atoms with Gasteiger partial charge in [-0.3, -0.25) is 0 Å². The topological polar surface area (TPSA) is 52.3 Å². The summed E-state index contributed by atoms with van der Waals surface area (Å²) in [4.78, 5) is 11.2. The maximum absolute atomic E-state index is 11.2. The van der Waals surface area contributed by atoms with Crippen LogP contribution in [0, 0.1) is 0 Å². The van der Waals surface area contributed by atoms with Crippen LogP contribution in [-0.2, 0) is 10.6 Å². The fourth-order valence-electron chi connectivity index (χ4n) is 1.03. The molecular formula is C9H10ClNO2. The van der Waals surface area contributed by atoms with E-state index in [1.54, 1.807) is 18.2 Å². The quantitative estimate of drug-likeness (QED) is 0.449. The standard InChI is InChI=1S/C9H10ClNO2/c1-13-9(12)8-3-2-7(11)4-6(8)5-10/h2-4H,5,11H2,1H3. The molecule has 0 aliphatic carbocycles. The first-order chi connectivity index (χ1) is 6.19. The molecule has 2 N–H and O–H groups in total. The molecule has 0 aromatic heterocycles. The van der Waals surface area contributed by atoms with Crippen molar-refractivity contribution in [3.8, 4) is 0 Å². The molecule has 0 spiro atoms. The molecule has 0 heterocycles. The maximum Gasteiger partial charge on any atom is 0.338 e. The highest BCUT2D eigenvalue weighted by Gasteiger charge is 2.10. The lowest BCUT2D eigenvalue weighted by Crippen LogP contribution is -2.05. The van der Waals surface area contributed by atoms with Gasteiger partial charge in [0.15, 0.2) is 0 Å². The molecule has 0 saturated carbocycles. The first-order valence-corrected chi connectivity index (χ1v) is 4.25. The van der Waals surface area contributed by atoms with Gasteiger partial charge in [0.25, 0.3) is 0 Å². The van der Waals surface area contributed by atoms with E-state index in [1.165, 1.54) is 7.11 Å². The molecule has 0 aliphatic rings. The van der Waals surface area contributed by atoms with Crippen LogP contribution in [0.15, 0.2) is 18.2 Å². The molecule has 1 aromatic carbocycles. The Bertz CT molecular complexity index is 325. The van der Waals surface area contributed by atoms with Gasteiger partial charge >= 0.3 is 5.97 Å². The summed E-state index contributed by atoms with van der Waals surface area (Å²) in [5.41, 5.74) is 7.27. The Kier molecular flexibility index (Phi) is 3.14. The number of nitrogens with two attached hydrogens (primary N) is 1. The van der Waals surface area contributed by atoms with Crippen LogP contribution < -0.4 is 5.73 Å². The third kappa shape index (κ3) is 2.12. The minimum absolute atomic E-state index is 0.246. The predicted molar refractivity (Wildman–Crippen MR) is 51.8 cm³/mol. The molecule has 0 amide bonds. The molecule has 0 bridgehead atoms. The number of hydrogen-bond acceptors (Lipinski definition) is 3. The molecule has 1 aromatic rings. The first kappa shape index (κ1) is 9.86. The van der Waals surface area contributed by atoms with Crippen molar-refractivity contribution in [2.24, 2.45) is 0 Å². The third-order valence-electron chi connectivity index (χ3n) is 1.68. The number of hydrogen-bond donors (Lipinski definition) is 1. The molecule has 0 aliphatic heterocycles. The van der Waals surface area contributed by atoms with Gasteiger partial charge in [-0.2, -0.15) is 0 Å². The zero-order valence-electron chi connectivity index (χ0n) is 7.21. The predicted octanol–water partition coefficient (Wildman–Crippen LogP) is 1.79. The average molecular weight is 200 g/mol. The Morgan fingerprint density at radius 3 is 2.85 bits per heavy atom. The van der Waals surface area contributed by atoms with Gasteiger partial charge in [0.1, 0.15) is 0 Å². The molecule has 0 radical (unpaired) electrons.